The third-order valence-corrected chi connectivity index (χ3v) is 4.68. The van der Waals surface area contributed by atoms with Crippen LogP contribution in [0, 0.1) is 5.82 Å². The van der Waals surface area contributed by atoms with E-state index in [1.54, 1.807) is 0 Å². The second-order valence-corrected chi connectivity index (χ2v) is 6.50. The highest BCUT2D eigenvalue weighted by Gasteiger charge is 2.20. The molecule has 1 aliphatic heterocycles. The Morgan fingerprint density at radius 1 is 1.24 bits per heavy atom. The number of sulfonamides is 1. The number of hydrogen-bond donors (Lipinski definition) is 2. The fourth-order valence-corrected chi connectivity index (χ4v) is 3.29. The second kappa shape index (κ2) is 5.51. The molecule has 0 fully saturated rings. The molecule has 0 radical (unpaired) electrons. The zero-order chi connectivity index (χ0) is 14.9. The Labute approximate surface area is 122 Å². The molecule has 0 saturated heterocycles. The maximum atomic E-state index is 13.5. The Morgan fingerprint density at radius 2 is 2.05 bits per heavy atom. The van der Waals surface area contributed by atoms with Crippen molar-refractivity contribution >= 4 is 10.0 Å². The lowest BCUT2D eigenvalue weighted by molar-refractivity contribution is 0.544. The van der Waals surface area contributed by atoms with E-state index in [2.05, 4.69) is 15.0 Å². The van der Waals surface area contributed by atoms with E-state index in [1.165, 1.54) is 17.8 Å². The van der Waals surface area contributed by atoms with Gasteiger partial charge >= 0.3 is 0 Å². The van der Waals surface area contributed by atoms with Crippen LogP contribution >= 0.6 is 0 Å². The molecule has 0 atom stereocenters. The van der Waals surface area contributed by atoms with Crippen molar-refractivity contribution in [3.63, 3.8) is 0 Å². The molecule has 1 aromatic heterocycles. The number of nitrogens with zero attached hydrogens (tertiary/aromatic N) is 1. The average molecular weight is 307 g/mol. The van der Waals surface area contributed by atoms with Gasteiger partial charge in [0, 0.05) is 25.8 Å². The van der Waals surface area contributed by atoms with Crippen molar-refractivity contribution < 1.29 is 12.8 Å². The van der Waals surface area contributed by atoms with E-state index >= 15 is 0 Å². The van der Waals surface area contributed by atoms with Gasteiger partial charge in [-0.3, -0.25) is 0 Å². The number of rotatable bonds is 4. The molecular weight excluding hydrogens is 293 g/mol. The molecule has 0 unspecified atom stereocenters. The highest BCUT2D eigenvalue weighted by molar-refractivity contribution is 7.89. The number of hydrogen-bond acceptors (Lipinski definition) is 4. The summed E-state index contributed by atoms with van der Waals surface area (Å²) in [4.78, 5) is 3.58. The Bertz CT molecular complexity index is 778. The first-order chi connectivity index (χ1) is 10.1. The monoisotopic (exact) mass is 307 g/mol. The van der Waals surface area contributed by atoms with Crippen molar-refractivity contribution in [1.82, 2.24) is 15.0 Å². The molecule has 0 amide bonds. The Hall–Kier alpha value is -1.83. The zero-order valence-electron chi connectivity index (χ0n) is 11.1. The van der Waals surface area contributed by atoms with E-state index in [9.17, 15) is 12.8 Å². The largest absolute Gasteiger partial charge is 0.309 e. The van der Waals surface area contributed by atoms with E-state index in [0.29, 0.717) is 0 Å². The van der Waals surface area contributed by atoms with Gasteiger partial charge in [0.15, 0.2) is 5.82 Å². The molecule has 21 heavy (non-hydrogen) atoms. The van der Waals surface area contributed by atoms with E-state index in [-0.39, 0.29) is 6.54 Å². The number of fused-ring (bicyclic) bond motifs is 1. The summed E-state index contributed by atoms with van der Waals surface area (Å²) in [6.45, 7) is 1.72. The molecule has 0 spiro atoms. The molecule has 1 aromatic carbocycles. The van der Waals surface area contributed by atoms with Gasteiger partial charge in [0.1, 0.15) is 0 Å². The van der Waals surface area contributed by atoms with Crippen molar-refractivity contribution in [3.05, 3.63) is 59.0 Å². The summed E-state index contributed by atoms with van der Waals surface area (Å²) < 4.78 is 39.9. The van der Waals surface area contributed by atoms with E-state index in [0.717, 1.165) is 30.3 Å². The number of halogens is 1. The van der Waals surface area contributed by atoms with Crippen LogP contribution in [0.5, 0.6) is 0 Å². The minimum absolute atomic E-state index is 0.103. The van der Waals surface area contributed by atoms with Crippen LogP contribution in [0.3, 0.4) is 0 Å². The number of benzene rings is 1. The third kappa shape index (κ3) is 2.94. The van der Waals surface area contributed by atoms with Crippen LogP contribution in [-0.4, -0.2) is 13.4 Å². The first-order valence-corrected chi connectivity index (χ1v) is 7.96. The van der Waals surface area contributed by atoms with Gasteiger partial charge in [0.25, 0.3) is 10.0 Å². The summed E-state index contributed by atoms with van der Waals surface area (Å²) in [5.41, 5.74) is 3.21. The zero-order valence-corrected chi connectivity index (χ0v) is 12.0. The summed E-state index contributed by atoms with van der Waals surface area (Å²) in [6, 6.07) is 8.21. The van der Waals surface area contributed by atoms with Gasteiger partial charge in [-0.05, 0) is 28.8 Å². The minimum atomic E-state index is -3.95. The van der Waals surface area contributed by atoms with Gasteiger partial charge in [-0.2, -0.15) is 0 Å². The first kappa shape index (κ1) is 14.1. The summed E-state index contributed by atoms with van der Waals surface area (Å²) in [7, 11) is -3.95. The van der Waals surface area contributed by atoms with Crippen LogP contribution in [0.4, 0.5) is 4.39 Å². The Morgan fingerprint density at radius 3 is 2.86 bits per heavy atom. The summed E-state index contributed by atoms with van der Waals surface area (Å²) in [5.74, 6) is -0.858. The summed E-state index contributed by atoms with van der Waals surface area (Å²) in [5, 5.41) is 2.65. The van der Waals surface area contributed by atoms with Gasteiger partial charge in [-0.15, -0.1) is 0 Å². The maximum absolute atomic E-state index is 13.5. The molecular formula is C14H14FN3O2S. The van der Waals surface area contributed by atoms with Crippen LogP contribution in [0.25, 0.3) is 0 Å². The molecule has 2 heterocycles. The SMILES string of the molecule is O=S(=O)(NCc1ccc2c(c1)CNC2)c1ncccc1F. The summed E-state index contributed by atoms with van der Waals surface area (Å²) >= 11 is 0. The van der Waals surface area contributed by atoms with Crippen LogP contribution < -0.4 is 10.0 Å². The topological polar surface area (TPSA) is 71.1 Å². The molecule has 2 N–H and O–H groups in total. The minimum Gasteiger partial charge on any atom is -0.309 e. The number of pyridine rings is 1. The molecule has 3 rings (SSSR count). The van der Waals surface area contributed by atoms with Crippen LogP contribution in [-0.2, 0) is 29.7 Å². The molecule has 2 aromatic rings. The van der Waals surface area contributed by atoms with Crippen molar-refractivity contribution in [2.75, 3.05) is 0 Å². The standard InChI is InChI=1S/C14H14FN3O2S/c15-13-2-1-5-17-14(13)21(19,20)18-7-10-3-4-11-8-16-9-12(11)6-10/h1-6,16,18H,7-9H2. The normalized spacial score (nSPS) is 14.1. The first-order valence-electron chi connectivity index (χ1n) is 6.48. The predicted molar refractivity (Wildman–Crippen MR) is 75.2 cm³/mol. The average Bonchev–Trinajstić information content (AvgIpc) is 2.93. The molecule has 0 aliphatic carbocycles. The van der Waals surface area contributed by atoms with Crippen molar-refractivity contribution in [3.8, 4) is 0 Å². The van der Waals surface area contributed by atoms with Crippen LogP contribution in [0.15, 0.2) is 41.6 Å². The second-order valence-electron chi connectivity index (χ2n) is 4.82. The molecule has 1 aliphatic rings. The van der Waals surface area contributed by atoms with Gasteiger partial charge in [0.2, 0.25) is 5.03 Å². The highest BCUT2D eigenvalue weighted by Crippen LogP contribution is 2.17. The van der Waals surface area contributed by atoms with Crippen molar-refractivity contribution in [2.24, 2.45) is 0 Å². The fraction of sp³-hybridized carbons (Fsp3) is 0.214. The van der Waals surface area contributed by atoms with Gasteiger partial charge < -0.3 is 5.32 Å². The molecule has 7 heteroatoms. The van der Waals surface area contributed by atoms with Gasteiger partial charge in [-0.1, -0.05) is 18.2 Å². The highest BCUT2D eigenvalue weighted by atomic mass is 32.2. The third-order valence-electron chi connectivity index (χ3n) is 3.35. The predicted octanol–water partition coefficient (Wildman–Crippen LogP) is 1.30. The maximum Gasteiger partial charge on any atom is 0.261 e. The lowest BCUT2D eigenvalue weighted by Gasteiger charge is -2.08. The molecule has 5 nitrogen and oxygen atoms in total. The van der Waals surface area contributed by atoms with Crippen LogP contribution in [0.2, 0.25) is 0 Å². The van der Waals surface area contributed by atoms with Gasteiger partial charge in [-0.25, -0.2) is 22.5 Å². The lowest BCUT2D eigenvalue weighted by Crippen LogP contribution is -2.25. The summed E-state index contributed by atoms with van der Waals surface area (Å²) in [6.07, 6.45) is 1.25. The lowest BCUT2D eigenvalue weighted by atomic mass is 10.1. The van der Waals surface area contributed by atoms with Gasteiger partial charge in [0.05, 0.1) is 0 Å². The van der Waals surface area contributed by atoms with E-state index in [4.69, 9.17) is 0 Å². The van der Waals surface area contributed by atoms with Crippen LogP contribution in [0.1, 0.15) is 16.7 Å². The number of nitrogens with one attached hydrogen (secondary N) is 2. The molecule has 0 bridgehead atoms. The molecule has 0 saturated carbocycles. The fourth-order valence-electron chi connectivity index (χ4n) is 2.27. The van der Waals surface area contributed by atoms with E-state index in [1.807, 2.05) is 18.2 Å². The Balaban J connectivity index is 1.77. The smallest absolute Gasteiger partial charge is 0.261 e. The Kier molecular flexibility index (Phi) is 3.71. The van der Waals surface area contributed by atoms with Crippen molar-refractivity contribution in [2.45, 2.75) is 24.7 Å². The molecule has 110 valence electrons. The number of aromatic nitrogens is 1. The quantitative estimate of drug-likeness (QED) is 0.893. The van der Waals surface area contributed by atoms with E-state index < -0.39 is 20.9 Å². The van der Waals surface area contributed by atoms with Crippen molar-refractivity contribution in [1.29, 1.82) is 0 Å².